The number of pyridine rings is 1. The second-order valence-electron chi connectivity index (χ2n) is 4.74. The Morgan fingerprint density at radius 1 is 1.08 bits per heavy atom. The van der Waals surface area contributed by atoms with Gasteiger partial charge in [-0.05, 0) is 18.2 Å². The standard InChI is InChI=1S/C15H11ClN6O2S/c16-12-10(3-1-4-17-12)21-11(23)7-9-8-25-15(20-9)22-14(24)13-18-5-2-6-19-13/h1-6,8H,7H2,(H,21,23)(H,20,22,24). The van der Waals surface area contributed by atoms with Crippen molar-refractivity contribution in [3.63, 3.8) is 0 Å². The fourth-order valence-corrected chi connectivity index (χ4v) is 2.72. The lowest BCUT2D eigenvalue weighted by Gasteiger charge is -2.04. The molecule has 0 saturated carbocycles. The van der Waals surface area contributed by atoms with E-state index in [2.05, 4.69) is 30.6 Å². The minimum atomic E-state index is -0.465. The molecule has 0 aromatic carbocycles. The molecule has 10 heteroatoms. The number of hydrogen-bond donors (Lipinski definition) is 2. The summed E-state index contributed by atoms with van der Waals surface area (Å²) in [7, 11) is 0. The molecule has 0 aliphatic rings. The largest absolute Gasteiger partial charge is 0.323 e. The Bertz CT molecular complexity index is 902. The summed E-state index contributed by atoms with van der Waals surface area (Å²) in [5, 5.41) is 7.51. The van der Waals surface area contributed by atoms with Crippen molar-refractivity contribution in [1.29, 1.82) is 0 Å². The van der Waals surface area contributed by atoms with E-state index < -0.39 is 5.91 Å². The normalized spacial score (nSPS) is 10.3. The minimum Gasteiger partial charge on any atom is -0.323 e. The molecule has 2 amide bonds. The molecular formula is C15H11ClN6O2S. The number of aromatic nitrogens is 4. The zero-order valence-corrected chi connectivity index (χ0v) is 14.2. The minimum absolute atomic E-state index is 0.0411. The van der Waals surface area contributed by atoms with E-state index in [1.165, 1.54) is 29.9 Å². The average molecular weight is 375 g/mol. The summed E-state index contributed by atoms with van der Waals surface area (Å²) in [5.41, 5.74) is 0.950. The Morgan fingerprint density at radius 3 is 2.60 bits per heavy atom. The third-order valence-corrected chi connectivity index (χ3v) is 4.02. The number of amides is 2. The third kappa shape index (κ3) is 4.55. The zero-order valence-electron chi connectivity index (χ0n) is 12.6. The molecular weight excluding hydrogens is 364 g/mol. The van der Waals surface area contributed by atoms with Gasteiger partial charge in [0.15, 0.2) is 10.3 Å². The molecule has 0 aliphatic heterocycles. The number of thiazole rings is 1. The maximum atomic E-state index is 12.0. The highest BCUT2D eigenvalue weighted by molar-refractivity contribution is 7.14. The summed E-state index contributed by atoms with van der Waals surface area (Å²) in [6, 6.07) is 4.94. The SMILES string of the molecule is O=C(Cc1csc(NC(=O)c2ncccn2)n1)Nc1cccnc1Cl. The molecule has 0 atom stereocenters. The second kappa shape index (κ2) is 7.77. The fraction of sp³-hybridized carbons (Fsp3) is 0.0667. The zero-order chi connectivity index (χ0) is 17.6. The molecule has 3 aromatic rings. The van der Waals surface area contributed by atoms with Crippen molar-refractivity contribution in [2.45, 2.75) is 6.42 Å². The average Bonchev–Trinajstić information content (AvgIpc) is 3.04. The van der Waals surface area contributed by atoms with Crippen LogP contribution in [0.3, 0.4) is 0 Å². The maximum absolute atomic E-state index is 12.0. The van der Waals surface area contributed by atoms with Gasteiger partial charge in [-0.25, -0.2) is 19.9 Å². The predicted octanol–water partition coefficient (Wildman–Crippen LogP) is 2.42. The van der Waals surface area contributed by atoms with E-state index in [9.17, 15) is 9.59 Å². The molecule has 8 nitrogen and oxygen atoms in total. The van der Waals surface area contributed by atoms with Crippen LogP contribution in [0.25, 0.3) is 0 Å². The Labute approximate surface area is 151 Å². The molecule has 3 rings (SSSR count). The van der Waals surface area contributed by atoms with E-state index in [0.717, 1.165) is 0 Å². The van der Waals surface area contributed by atoms with E-state index >= 15 is 0 Å². The second-order valence-corrected chi connectivity index (χ2v) is 5.95. The number of nitrogens with one attached hydrogen (secondary N) is 2. The van der Waals surface area contributed by atoms with Crippen LogP contribution in [0.4, 0.5) is 10.8 Å². The van der Waals surface area contributed by atoms with Gasteiger partial charge in [-0.2, -0.15) is 0 Å². The molecule has 3 aromatic heterocycles. The number of carbonyl (C=O) groups excluding carboxylic acids is 2. The van der Waals surface area contributed by atoms with Crippen LogP contribution in [0.1, 0.15) is 16.3 Å². The van der Waals surface area contributed by atoms with Crippen molar-refractivity contribution in [2.75, 3.05) is 10.6 Å². The number of carbonyl (C=O) groups is 2. The summed E-state index contributed by atoms with van der Waals surface area (Å²) in [4.78, 5) is 39.8. The lowest BCUT2D eigenvalue weighted by Crippen LogP contribution is -2.16. The molecule has 0 bridgehead atoms. The highest BCUT2D eigenvalue weighted by atomic mass is 35.5. The fourth-order valence-electron chi connectivity index (χ4n) is 1.85. The summed E-state index contributed by atoms with van der Waals surface area (Å²) in [5.74, 6) is -0.708. The van der Waals surface area contributed by atoms with E-state index in [4.69, 9.17) is 11.6 Å². The van der Waals surface area contributed by atoms with Crippen LogP contribution in [-0.2, 0) is 11.2 Å². The molecule has 25 heavy (non-hydrogen) atoms. The molecule has 2 N–H and O–H groups in total. The first-order valence-electron chi connectivity index (χ1n) is 7.05. The lowest BCUT2D eigenvalue weighted by atomic mass is 10.3. The first-order valence-corrected chi connectivity index (χ1v) is 8.31. The van der Waals surface area contributed by atoms with Gasteiger partial charge in [-0.15, -0.1) is 11.3 Å². The highest BCUT2D eigenvalue weighted by Crippen LogP contribution is 2.19. The van der Waals surface area contributed by atoms with Gasteiger partial charge in [0.05, 0.1) is 17.8 Å². The Kier molecular flexibility index (Phi) is 5.26. The van der Waals surface area contributed by atoms with Crippen LogP contribution >= 0.6 is 22.9 Å². The van der Waals surface area contributed by atoms with Crippen molar-refractivity contribution in [3.8, 4) is 0 Å². The molecule has 0 fully saturated rings. The van der Waals surface area contributed by atoms with Crippen LogP contribution in [0.15, 0.2) is 42.2 Å². The van der Waals surface area contributed by atoms with Gasteiger partial charge in [0, 0.05) is 24.0 Å². The molecule has 0 radical (unpaired) electrons. The number of nitrogens with zero attached hydrogens (tertiary/aromatic N) is 4. The lowest BCUT2D eigenvalue weighted by molar-refractivity contribution is -0.115. The Morgan fingerprint density at radius 2 is 1.84 bits per heavy atom. The van der Waals surface area contributed by atoms with Crippen LogP contribution in [0.5, 0.6) is 0 Å². The van der Waals surface area contributed by atoms with Crippen molar-refractivity contribution in [2.24, 2.45) is 0 Å². The van der Waals surface area contributed by atoms with E-state index in [1.54, 1.807) is 23.6 Å². The van der Waals surface area contributed by atoms with Gasteiger partial charge >= 0.3 is 0 Å². The third-order valence-electron chi connectivity index (χ3n) is 2.92. The van der Waals surface area contributed by atoms with Crippen LogP contribution in [-0.4, -0.2) is 31.8 Å². The van der Waals surface area contributed by atoms with Gasteiger partial charge in [-0.1, -0.05) is 11.6 Å². The number of rotatable bonds is 5. The summed E-state index contributed by atoms with van der Waals surface area (Å²) < 4.78 is 0. The van der Waals surface area contributed by atoms with E-state index in [1.807, 2.05) is 0 Å². The summed E-state index contributed by atoms with van der Waals surface area (Å²) in [6.07, 6.45) is 4.52. The molecule has 3 heterocycles. The van der Waals surface area contributed by atoms with Gasteiger partial charge in [0.1, 0.15) is 0 Å². The van der Waals surface area contributed by atoms with Gasteiger partial charge < -0.3 is 5.32 Å². The predicted molar refractivity (Wildman–Crippen MR) is 93.7 cm³/mol. The summed E-state index contributed by atoms with van der Waals surface area (Å²) in [6.45, 7) is 0. The van der Waals surface area contributed by atoms with Crippen molar-refractivity contribution in [1.82, 2.24) is 19.9 Å². The molecule has 0 unspecified atom stereocenters. The topological polar surface area (TPSA) is 110 Å². The first-order chi connectivity index (χ1) is 12.1. The molecule has 0 saturated heterocycles. The quantitative estimate of drug-likeness (QED) is 0.663. The van der Waals surface area contributed by atoms with E-state index in [-0.39, 0.29) is 23.3 Å². The number of hydrogen-bond acceptors (Lipinski definition) is 7. The highest BCUT2D eigenvalue weighted by Gasteiger charge is 2.13. The van der Waals surface area contributed by atoms with Gasteiger partial charge in [0.2, 0.25) is 11.7 Å². The smallest absolute Gasteiger partial charge is 0.295 e. The summed E-state index contributed by atoms with van der Waals surface area (Å²) >= 11 is 7.10. The van der Waals surface area contributed by atoms with E-state index in [0.29, 0.717) is 16.5 Å². The first kappa shape index (κ1) is 16.9. The van der Waals surface area contributed by atoms with Crippen LogP contribution < -0.4 is 10.6 Å². The van der Waals surface area contributed by atoms with Crippen molar-refractivity contribution in [3.05, 3.63) is 58.8 Å². The number of anilines is 2. The van der Waals surface area contributed by atoms with Crippen LogP contribution in [0.2, 0.25) is 5.15 Å². The Hall–Kier alpha value is -2.91. The molecule has 0 aliphatic carbocycles. The monoisotopic (exact) mass is 374 g/mol. The van der Waals surface area contributed by atoms with Crippen LogP contribution in [0, 0.1) is 0 Å². The van der Waals surface area contributed by atoms with Crippen molar-refractivity contribution < 1.29 is 9.59 Å². The maximum Gasteiger partial charge on any atom is 0.295 e. The van der Waals surface area contributed by atoms with Gasteiger partial charge in [-0.3, -0.25) is 14.9 Å². The van der Waals surface area contributed by atoms with Crippen molar-refractivity contribution >= 4 is 45.6 Å². The Balaban J connectivity index is 1.59. The number of halogens is 1. The molecule has 126 valence electrons. The van der Waals surface area contributed by atoms with Gasteiger partial charge in [0.25, 0.3) is 5.91 Å². The molecule has 0 spiro atoms.